The second-order valence-corrected chi connectivity index (χ2v) is 6.92. The quantitative estimate of drug-likeness (QED) is 0.485. The molecule has 0 aromatic carbocycles. The van der Waals surface area contributed by atoms with Crippen molar-refractivity contribution in [1.29, 1.82) is 0 Å². The molecule has 0 nitrogen and oxygen atoms in total. The van der Waals surface area contributed by atoms with Gasteiger partial charge in [0.2, 0.25) is 0 Å². The molecule has 104 valence electrons. The van der Waals surface area contributed by atoms with Crippen molar-refractivity contribution in [3.05, 3.63) is 11.1 Å². The van der Waals surface area contributed by atoms with Crippen LogP contribution in [0.15, 0.2) is 11.1 Å². The maximum absolute atomic E-state index is 6.08. The molecule has 2 aliphatic rings. The summed E-state index contributed by atoms with van der Waals surface area (Å²) in [6.07, 6.45) is 4.49. The summed E-state index contributed by atoms with van der Waals surface area (Å²) >= 11 is 24.3. The summed E-state index contributed by atoms with van der Waals surface area (Å²) in [5.41, 5.74) is 3.21. The fourth-order valence-electron chi connectivity index (χ4n) is 3.40. The average molecular weight is 330 g/mol. The maximum Gasteiger partial charge on any atom is 0.0258 e. The Bertz CT molecular complexity index is 255. The number of hydrogen-bond donors (Lipinski definition) is 0. The van der Waals surface area contributed by atoms with E-state index in [1.54, 1.807) is 11.1 Å². The normalized spacial score (nSPS) is 36.7. The molecule has 18 heavy (non-hydrogen) atoms. The summed E-state index contributed by atoms with van der Waals surface area (Å²) < 4.78 is 0. The first kappa shape index (κ1) is 15.3. The molecule has 0 spiro atoms. The Labute approximate surface area is 130 Å². The zero-order chi connectivity index (χ0) is 13.1. The summed E-state index contributed by atoms with van der Waals surface area (Å²) in [5.74, 6) is 5.07. The van der Waals surface area contributed by atoms with Gasteiger partial charge in [-0.25, -0.2) is 0 Å². The Hall–Kier alpha value is 0.900. The molecule has 4 heteroatoms. The van der Waals surface area contributed by atoms with Crippen LogP contribution in [-0.4, -0.2) is 23.5 Å². The first-order chi connectivity index (χ1) is 8.73. The maximum atomic E-state index is 6.08. The molecular weight excluding hydrogens is 310 g/mol. The van der Waals surface area contributed by atoms with Gasteiger partial charge in [0.15, 0.2) is 0 Å². The molecule has 0 saturated carbocycles. The van der Waals surface area contributed by atoms with E-state index in [0.717, 1.165) is 49.2 Å². The van der Waals surface area contributed by atoms with Gasteiger partial charge in [0, 0.05) is 23.5 Å². The molecule has 4 atom stereocenters. The molecule has 0 heterocycles. The van der Waals surface area contributed by atoms with Crippen LogP contribution in [0.3, 0.4) is 0 Å². The second-order valence-electron chi connectivity index (χ2n) is 5.68. The van der Waals surface area contributed by atoms with Crippen molar-refractivity contribution in [2.75, 3.05) is 23.5 Å². The van der Waals surface area contributed by atoms with E-state index in [-0.39, 0.29) is 0 Å². The van der Waals surface area contributed by atoms with Crippen LogP contribution in [0.1, 0.15) is 25.7 Å². The van der Waals surface area contributed by atoms with E-state index >= 15 is 0 Å². The Kier molecular flexibility index (Phi) is 6.00. The fourth-order valence-corrected chi connectivity index (χ4v) is 4.84. The van der Waals surface area contributed by atoms with Gasteiger partial charge in [-0.05, 0) is 49.4 Å². The molecular formula is C14H20Cl4. The SMILES string of the molecule is ClC[C@@H]1CC2=C(C[C@@H]1CCl)C[C@H](CCl)[C@@H](CCl)C2. The second kappa shape index (κ2) is 7.07. The molecule has 0 N–H and O–H groups in total. The van der Waals surface area contributed by atoms with Gasteiger partial charge in [-0.1, -0.05) is 11.1 Å². The van der Waals surface area contributed by atoms with Crippen molar-refractivity contribution in [3.8, 4) is 0 Å². The van der Waals surface area contributed by atoms with Crippen LogP contribution in [-0.2, 0) is 0 Å². The van der Waals surface area contributed by atoms with Gasteiger partial charge >= 0.3 is 0 Å². The van der Waals surface area contributed by atoms with Gasteiger partial charge in [0.25, 0.3) is 0 Å². The molecule has 0 aromatic rings. The Morgan fingerprint density at radius 3 is 0.944 bits per heavy atom. The first-order valence-electron chi connectivity index (χ1n) is 6.67. The molecule has 2 aliphatic carbocycles. The van der Waals surface area contributed by atoms with Crippen LogP contribution in [0.4, 0.5) is 0 Å². The monoisotopic (exact) mass is 328 g/mol. The van der Waals surface area contributed by atoms with Gasteiger partial charge in [0.05, 0.1) is 0 Å². The zero-order valence-corrected chi connectivity index (χ0v) is 13.5. The number of allylic oxidation sites excluding steroid dienone is 2. The number of halogens is 4. The van der Waals surface area contributed by atoms with Crippen LogP contribution in [0.2, 0.25) is 0 Å². The number of hydrogen-bond acceptors (Lipinski definition) is 0. The lowest BCUT2D eigenvalue weighted by Gasteiger charge is -2.40. The zero-order valence-electron chi connectivity index (χ0n) is 10.5. The van der Waals surface area contributed by atoms with Gasteiger partial charge in [-0.15, -0.1) is 46.4 Å². The predicted molar refractivity (Wildman–Crippen MR) is 82.3 cm³/mol. The minimum atomic E-state index is 0.548. The first-order valence-corrected chi connectivity index (χ1v) is 8.80. The summed E-state index contributed by atoms with van der Waals surface area (Å²) in [7, 11) is 0. The van der Waals surface area contributed by atoms with E-state index in [0.29, 0.717) is 23.7 Å². The number of alkyl halides is 4. The van der Waals surface area contributed by atoms with Crippen LogP contribution in [0, 0.1) is 23.7 Å². The average Bonchev–Trinajstić information content (AvgIpc) is 2.43. The summed E-state index contributed by atoms with van der Waals surface area (Å²) in [4.78, 5) is 0. The Morgan fingerprint density at radius 2 is 0.778 bits per heavy atom. The van der Waals surface area contributed by atoms with E-state index in [9.17, 15) is 0 Å². The van der Waals surface area contributed by atoms with E-state index in [2.05, 4.69) is 0 Å². The molecule has 0 saturated heterocycles. The highest BCUT2D eigenvalue weighted by Crippen LogP contribution is 2.46. The van der Waals surface area contributed by atoms with Gasteiger partial charge < -0.3 is 0 Å². The third-order valence-electron chi connectivity index (χ3n) is 4.66. The van der Waals surface area contributed by atoms with Crippen LogP contribution < -0.4 is 0 Å². The van der Waals surface area contributed by atoms with Gasteiger partial charge in [-0.2, -0.15) is 0 Å². The van der Waals surface area contributed by atoms with Crippen LogP contribution in [0.5, 0.6) is 0 Å². The third kappa shape index (κ3) is 3.14. The molecule has 0 bridgehead atoms. The highest BCUT2D eigenvalue weighted by atomic mass is 35.5. The molecule has 0 aromatic heterocycles. The lowest BCUT2D eigenvalue weighted by molar-refractivity contribution is 0.291. The summed E-state index contributed by atoms with van der Waals surface area (Å²) in [6, 6.07) is 0. The standard InChI is InChI=1S/C14H20Cl4/c15-5-11-1-9-2-13(7-17)14(8-18)4-10(9)3-12(11)6-16/h11-14H,1-8H2/t11-,12-,13-,14+/m1/s1. The smallest absolute Gasteiger partial charge is 0.0258 e. The Morgan fingerprint density at radius 1 is 0.556 bits per heavy atom. The molecule has 0 radical (unpaired) electrons. The van der Waals surface area contributed by atoms with Crippen LogP contribution in [0.25, 0.3) is 0 Å². The third-order valence-corrected chi connectivity index (χ3v) is 6.25. The van der Waals surface area contributed by atoms with Crippen LogP contribution >= 0.6 is 46.4 Å². The molecule has 0 fully saturated rings. The van der Waals surface area contributed by atoms with E-state index < -0.39 is 0 Å². The molecule has 2 rings (SSSR count). The molecule has 0 amide bonds. The topological polar surface area (TPSA) is 0 Å². The largest absolute Gasteiger partial charge is 0.126 e. The number of rotatable bonds is 4. The van der Waals surface area contributed by atoms with E-state index in [1.165, 1.54) is 0 Å². The van der Waals surface area contributed by atoms with E-state index in [1.807, 2.05) is 0 Å². The molecule has 0 unspecified atom stereocenters. The minimum Gasteiger partial charge on any atom is -0.126 e. The predicted octanol–water partition coefficient (Wildman–Crippen LogP) is 5.29. The minimum absolute atomic E-state index is 0.548. The van der Waals surface area contributed by atoms with Gasteiger partial charge in [-0.3, -0.25) is 0 Å². The summed E-state index contributed by atoms with van der Waals surface area (Å²) in [5, 5.41) is 0. The Balaban J connectivity index is 2.14. The van der Waals surface area contributed by atoms with E-state index in [4.69, 9.17) is 46.4 Å². The summed E-state index contributed by atoms with van der Waals surface area (Å²) in [6.45, 7) is 0. The van der Waals surface area contributed by atoms with Crippen molar-refractivity contribution in [1.82, 2.24) is 0 Å². The highest BCUT2D eigenvalue weighted by Gasteiger charge is 2.35. The van der Waals surface area contributed by atoms with Crippen molar-refractivity contribution in [3.63, 3.8) is 0 Å². The van der Waals surface area contributed by atoms with Crippen molar-refractivity contribution < 1.29 is 0 Å². The van der Waals surface area contributed by atoms with Crippen molar-refractivity contribution >= 4 is 46.4 Å². The van der Waals surface area contributed by atoms with Crippen molar-refractivity contribution in [2.24, 2.45) is 23.7 Å². The highest BCUT2D eigenvalue weighted by molar-refractivity contribution is 6.19. The lowest BCUT2D eigenvalue weighted by Crippen LogP contribution is -2.31. The van der Waals surface area contributed by atoms with Crippen molar-refractivity contribution in [2.45, 2.75) is 25.7 Å². The fraction of sp³-hybridized carbons (Fsp3) is 0.857. The van der Waals surface area contributed by atoms with Gasteiger partial charge in [0.1, 0.15) is 0 Å². The molecule has 0 aliphatic heterocycles. The lowest BCUT2D eigenvalue weighted by atomic mass is 9.68.